The smallest absolute Gasteiger partial charge is 0.262 e. The summed E-state index contributed by atoms with van der Waals surface area (Å²) in [5, 5.41) is 6.23. The molecular formula is C23H30N4O2S2. The number of nitrogens with one attached hydrogen (secondary N) is 1. The lowest BCUT2D eigenvalue weighted by atomic mass is 10.2. The maximum atomic E-state index is 13.1. The maximum Gasteiger partial charge on any atom is 0.262 e. The lowest BCUT2D eigenvalue weighted by Gasteiger charge is -2.19. The third kappa shape index (κ3) is 6.66. The van der Waals surface area contributed by atoms with Crippen molar-refractivity contribution in [1.29, 1.82) is 0 Å². The molecule has 1 N–H and O–H groups in total. The maximum absolute atomic E-state index is 13.1. The summed E-state index contributed by atoms with van der Waals surface area (Å²) in [6, 6.07) is 11.5. The van der Waals surface area contributed by atoms with Crippen LogP contribution in [0.5, 0.6) is 0 Å². The summed E-state index contributed by atoms with van der Waals surface area (Å²) in [7, 11) is 0. The van der Waals surface area contributed by atoms with Gasteiger partial charge in [0.05, 0.1) is 16.7 Å². The summed E-state index contributed by atoms with van der Waals surface area (Å²) in [5.41, 5.74) is 0.638. The molecule has 0 aliphatic heterocycles. The normalized spacial score (nSPS) is 11.3. The van der Waals surface area contributed by atoms with Crippen molar-refractivity contribution >= 4 is 39.9 Å². The zero-order chi connectivity index (χ0) is 22.1. The predicted molar refractivity (Wildman–Crippen MR) is 130 cm³/mol. The van der Waals surface area contributed by atoms with Crippen LogP contribution in [-0.2, 0) is 17.8 Å². The van der Waals surface area contributed by atoms with E-state index in [1.807, 2.05) is 35.7 Å². The van der Waals surface area contributed by atoms with Crippen molar-refractivity contribution < 1.29 is 4.79 Å². The van der Waals surface area contributed by atoms with Crippen molar-refractivity contribution in [3.63, 3.8) is 0 Å². The monoisotopic (exact) mass is 458 g/mol. The van der Waals surface area contributed by atoms with E-state index in [2.05, 4.69) is 30.1 Å². The number of thioether (sulfide) groups is 1. The molecular weight excluding hydrogens is 428 g/mol. The average Bonchev–Trinajstić information content (AvgIpc) is 3.30. The first-order valence-corrected chi connectivity index (χ1v) is 12.6. The van der Waals surface area contributed by atoms with Gasteiger partial charge in [0.15, 0.2) is 5.16 Å². The molecule has 0 bridgehead atoms. The van der Waals surface area contributed by atoms with Crippen LogP contribution in [-0.4, -0.2) is 52.3 Å². The van der Waals surface area contributed by atoms with Gasteiger partial charge in [0.25, 0.3) is 5.56 Å². The summed E-state index contributed by atoms with van der Waals surface area (Å²) in [6.45, 7) is 8.41. The molecule has 3 aromatic rings. The van der Waals surface area contributed by atoms with Gasteiger partial charge in [-0.1, -0.05) is 43.8 Å². The Bertz CT molecular complexity index is 1030. The molecule has 166 valence electrons. The third-order valence-corrected chi connectivity index (χ3v) is 7.10. The molecule has 0 aliphatic carbocycles. The molecule has 0 saturated heterocycles. The minimum atomic E-state index is -0.0429. The van der Waals surface area contributed by atoms with Gasteiger partial charge < -0.3 is 10.2 Å². The Kier molecular flexibility index (Phi) is 9.12. The molecule has 0 fully saturated rings. The number of hydrogen-bond donors (Lipinski definition) is 1. The highest BCUT2D eigenvalue weighted by Gasteiger charge is 2.13. The van der Waals surface area contributed by atoms with E-state index in [0.29, 0.717) is 29.1 Å². The quantitative estimate of drug-likeness (QED) is 0.332. The van der Waals surface area contributed by atoms with Crippen molar-refractivity contribution in [3.8, 4) is 0 Å². The standard InChI is InChI=1S/C23H30N4O2S2/c1-3-26(4-2)14-8-15-27-22(29)19-10-5-6-11-20(19)25-23(27)31-17-21(28)24-13-12-18-9-7-16-30-18/h5-7,9-11,16H,3-4,8,12-15,17H2,1-2H3,(H,24,28). The zero-order valence-electron chi connectivity index (χ0n) is 18.2. The molecule has 0 aliphatic rings. The van der Waals surface area contributed by atoms with Crippen LogP contribution in [0.2, 0.25) is 0 Å². The van der Waals surface area contributed by atoms with E-state index < -0.39 is 0 Å². The lowest BCUT2D eigenvalue weighted by molar-refractivity contribution is -0.118. The van der Waals surface area contributed by atoms with E-state index in [4.69, 9.17) is 4.98 Å². The topological polar surface area (TPSA) is 67.2 Å². The van der Waals surface area contributed by atoms with E-state index in [-0.39, 0.29) is 17.2 Å². The van der Waals surface area contributed by atoms with E-state index in [1.54, 1.807) is 15.9 Å². The second-order valence-electron chi connectivity index (χ2n) is 7.22. The Morgan fingerprint density at radius 2 is 2.00 bits per heavy atom. The van der Waals surface area contributed by atoms with E-state index in [9.17, 15) is 9.59 Å². The van der Waals surface area contributed by atoms with Gasteiger partial charge in [-0.05, 0) is 56.1 Å². The molecule has 1 aromatic carbocycles. The van der Waals surface area contributed by atoms with Gasteiger partial charge in [-0.3, -0.25) is 14.2 Å². The van der Waals surface area contributed by atoms with Crippen molar-refractivity contribution in [2.45, 2.75) is 38.4 Å². The van der Waals surface area contributed by atoms with Crippen LogP contribution in [0.1, 0.15) is 25.1 Å². The highest BCUT2D eigenvalue weighted by molar-refractivity contribution is 7.99. The van der Waals surface area contributed by atoms with Gasteiger partial charge in [0, 0.05) is 18.0 Å². The Labute approximate surface area is 191 Å². The minimum absolute atomic E-state index is 0.0363. The summed E-state index contributed by atoms with van der Waals surface area (Å²) in [6.07, 6.45) is 1.69. The van der Waals surface area contributed by atoms with Crippen LogP contribution < -0.4 is 10.9 Å². The zero-order valence-corrected chi connectivity index (χ0v) is 19.8. The van der Waals surface area contributed by atoms with Crippen LogP contribution in [0.15, 0.2) is 51.7 Å². The first-order valence-electron chi connectivity index (χ1n) is 10.8. The molecule has 0 spiro atoms. The molecule has 0 atom stereocenters. The molecule has 0 radical (unpaired) electrons. The Hall–Kier alpha value is -2.16. The summed E-state index contributed by atoms with van der Waals surface area (Å²) >= 11 is 3.03. The second-order valence-corrected chi connectivity index (χ2v) is 9.19. The SMILES string of the molecule is CCN(CC)CCCn1c(SCC(=O)NCCc2cccs2)nc2ccccc2c1=O. The van der Waals surface area contributed by atoms with Gasteiger partial charge in [-0.25, -0.2) is 4.98 Å². The fourth-order valence-corrected chi connectivity index (χ4v) is 4.97. The number of para-hydroxylation sites is 1. The Morgan fingerprint density at radius 3 is 2.74 bits per heavy atom. The molecule has 6 nitrogen and oxygen atoms in total. The largest absolute Gasteiger partial charge is 0.355 e. The molecule has 1 amide bonds. The van der Waals surface area contributed by atoms with Crippen molar-refractivity contribution in [2.24, 2.45) is 0 Å². The van der Waals surface area contributed by atoms with Gasteiger partial charge in [0.1, 0.15) is 0 Å². The number of hydrogen-bond acceptors (Lipinski definition) is 6. The number of fused-ring (bicyclic) bond motifs is 1. The van der Waals surface area contributed by atoms with Crippen molar-refractivity contribution in [3.05, 3.63) is 57.0 Å². The van der Waals surface area contributed by atoms with Gasteiger partial charge in [-0.15, -0.1) is 11.3 Å². The van der Waals surface area contributed by atoms with Crippen LogP contribution in [0.4, 0.5) is 0 Å². The number of carbonyl (C=O) groups is 1. The second kappa shape index (κ2) is 12.0. The summed E-state index contributed by atoms with van der Waals surface area (Å²) < 4.78 is 1.73. The first kappa shape index (κ1) is 23.5. The molecule has 0 saturated carbocycles. The average molecular weight is 459 g/mol. The minimum Gasteiger partial charge on any atom is -0.355 e. The van der Waals surface area contributed by atoms with Crippen molar-refractivity contribution in [2.75, 3.05) is 31.9 Å². The highest BCUT2D eigenvalue weighted by atomic mass is 32.2. The number of amides is 1. The van der Waals surface area contributed by atoms with Crippen LogP contribution in [0.3, 0.4) is 0 Å². The van der Waals surface area contributed by atoms with Crippen LogP contribution in [0.25, 0.3) is 10.9 Å². The van der Waals surface area contributed by atoms with Crippen molar-refractivity contribution in [1.82, 2.24) is 19.8 Å². The molecule has 8 heteroatoms. The van der Waals surface area contributed by atoms with Crippen LogP contribution in [0, 0.1) is 0 Å². The van der Waals surface area contributed by atoms with E-state index >= 15 is 0 Å². The number of nitrogens with zero attached hydrogens (tertiary/aromatic N) is 3. The molecule has 31 heavy (non-hydrogen) atoms. The number of thiophene rings is 1. The van der Waals surface area contributed by atoms with Gasteiger partial charge >= 0.3 is 0 Å². The molecule has 0 unspecified atom stereocenters. The third-order valence-electron chi connectivity index (χ3n) is 5.18. The molecule has 2 aromatic heterocycles. The molecule has 3 rings (SSSR count). The first-order chi connectivity index (χ1) is 15.1. The van der Waals surface area contributed by atoms with Gasteiger partial charge in [-0.2, -0.15) is 0 Å². The molecule has 2 heterocycles. The highest BCUT2D eigenvalue weighted by Crippen LogP contribution is 2.18. The lowest BCUT2D eigenvalue weighted by Crippen LogP contribution is -2.29. The fraction of sp³-hybridized carbons (Fsp3) is 0.435. The fourth-order valence-electron chi connectivity index (χ4n) is 3.41. The van der Waals surface area contributed by atoms with Crippen LogP contribution >= 0.6 is 23.1 Å². The number of aromatic nitrogens is 2. The Balaban J connectivity index is 1.66. The number of rotatable bonds is 12. The predicted octanol–water partition coefficient (Wildman–Crippen LogP) is 3.64. The van der Waals surface area contributed by atoms with E-state index in [1.165, 1.54) is 16.6 Å². The Morgan fingerprint density at radius 1 is 1.19 bits per heavy atom. The number of carbonyl (C=O) groups excluding carboxylic acids is 1. The van der Waals surface area contributed by atoms with Gasteiger partial charge in [0.2, 0.25) is 5.91 Å². The number of benzene rings is 1. The van der Waals surface area contributed by atoms with E-state index in [0.717, 1.165) is 32.5 Å². The summed E-state index contributed by atoms with van der Waals surface area (Å²) in [4.78, 5) is 33.7. The summed E-state index contributed by atoms with van der Waals surface area (Å²) in [5.74, 6) is 0.198.